The van der Waals surface area contributed by atoms with E-state index in [0.717, 1.165) is 12.8 Å². The van der Waals surface area contributed by atoms with Gasteiger partial charge in [0.2, 0.25) is 0 Å². The predicted octanol–water partition coefficient (Wildman–Crippen LogP) is -0.726. The molecule has 1 rings (SSSR count). The highest BCUT2D eigenvalue weighted by Crippen LogP contribution is 2.16. The molecule has 0 aromatic heterocycles. The number of hydrogen-bond donors (Lipinski definition) is 2. The van der Waals surface area contributed by atoms with E-state index in [1.165, 1.54) is 0 Å². The van der Waals surface area contributed by atoms with E-state index in [1.54, 1.807) is 0 Å². The first-order valence-corrected chi connectivity index (χ1v) is 5.60. The second-order valence-corrected chi connectivity index (χ2v) is 5.26. The van der Waals surface area contributed by atoms with E-state index < -0.39 is 9.84 Å². The molecule has 1 atom stereocenters. The van der Waals surface area contributed by atoms with Gasteiger partial charge in [0.1, 0.15) is 0 Å². The van der Waals surface area contributed by atoms with E-state index in [1.807, 2.05) is 0 Å². The van der Waals surface area contributed by atoms with E-state index in [2.05, 4.69) is 5.43 Å². The van der Waals surface area contributed by atoms with Gasteiger partial charge in [-0.25, -0.2) is 8.42 Å². The number of nitrogens with one attached hydrogen (secondary N) is 1. The average Bonchev–Trinajstić information content (AvgIpc) is 1.85. The fourth-order valence-electron chi connectivity index (χ4n) is 1.45. The van der Waals surface area contributed by atoms with Crippen molar-refractivity contribution in [3.63, 3.8) is 0 Å². The molecule has 1 aliphatic rings. The fourth-order valence-corrected chi connectivity index (χ4v) is 3.22. The molecule has 5 heteroatoms. The average molecular weight is 178 g/mol. The molecule has 1 fully saturated rings. The third kappa shape index (κ3) is 2.76. The molecule has 1 unspecified atom stereocenters. The molecule has 11 heavy (non-hydrogen) atoms. The van der Waals surface area contributed by atoms with E-state index in [4.69, 9.17) is 5.84 Å². The van der Waals surface area contributed by atoms with Crippen LogP contribution < -0.4 is 11.3 Å². The van der Waals surface area contributed by atoms with E-state index >= 15 is 0 Å². The lowest BCUT2D eigenvalue weighted by Crippen LogP contribution is -2.35. The van der Waals surface area contributed by atoms with Crippen molar-refractivity contribution in [1.82, 2.24) is 5.43 Å². The van der Waals surface area contributed by atoms with Gasteiger partial charge in [-0.2, -0.15) is 0 Å². The summed E-state index contributed by atoms with van der Waals surface area (Å²) >= 11 is 0. The third-order valence-corrected chi connectivity index (χ3v) is 3.85. The van der Waals surface area contributed by atoms with Crippen molar-refractivity contribution in [2.75, 3.05) is 18.1 Å². The molecular formula is C6H14N2O2S. The van der Waals surface area contributed by atoms with Crippen LogP contribution in [0.5, 0.6) is 0 Å². The minimum Gasteiger partial charge on any atom is -0.271 e. The minimum absolute atomic E-state index is 0.221. The van der Waals surface area contributed by atoms with Crippen molar-refractivity contribution in [1.29, 1.82) is 0 Å². The molecule has 0 bridgehead atoms. The topological polar surface area (TPSA) is 72.2 Å². The summed E-state index contributed by atoms with van der Waals surface area (Å²) in [6.45, 7) is 0.610. The van der Waals surface area contributed by atoms with Crippen LogP contribution in [-0.4, -0.2) is 26.5 Å². The first kappa shape index (κ1) is 8.96. The van der Waals surface area contributed by atoms with E-state index in [9.17, 15) is 8.42 Å². The smallest absolute Gasteiger partial charge is 0.150 e. The molecule has 0 aliphatic carbocycles. The maximum atomic E-state index is 11.1. The Bertz CT molecular complexity index is 211. The molecule has 4 nitrogen and oxygen atoms in total. The largest absolute Gasteiger partial charge is 0.271 e. The Labute approximate surface area is 67.0 Å². The number of rotatable bonds is 2. The van der Waals surface area contributed by atoms with Crippen LogP contribution in [0, 0.1) is 5.92 Å². The van der Waals surface area contributed by atoms with Crippen molar-refractivity contribution < 1.29 is 8.42 Å². The molecule has 66 valence electrons. The Kier molecular flexibility index (Phi) is 2.86. The zero-order valence-electron chi connectivity index (χ0n) is 6.41. The lowest BCUT2D eigenvalue weighted by atomic mass is 10.1. The Morgan fingerprint density at radius 2 is 2.27 bits per heavy atom. The lowest BCUT2D eigenvalue weighted by molar-refractivity contribution is 0.458. The van der Waals surface area contributed by atoms with Gasteiger partial charge in [0.15, 0.2) is 9.84 Å². The normalized spacial score (nSPS) is 30.1. The van der Waals surface area contributed by atoms with Gasteiger partial charge < -0.3 is 0 Å². The van der Waals surface area contributed by atoms with Gasteiger partial charge in [-0.3, -0.25) is 11.3 Å². The summed E-state index contributed by atoms with van der Waals surface area (Å²) in [5.41, 5.74) is 2.51. The molecule has 0 amide bonds. The number of hydrogen-bond acceptors (Lipinski definition) is 4. The van der Waals surface area contributed by atoms with Gasteiger partial charge in [0.05, 0.1) is 11.5 Å². The molecule has 1 saturated heterocycles. The van der Waals surface area contributed by atoms with Crippen LogP contribution >= 0.6 is 0 Å². The minimum atomic E-state index is -2.75. The van der Waals surface area contributed by atoms with Crippen LogP contribution in [-0.2, 0) is 9.84 Å². The maximum absolute atomic E-state index is 11.1. The Morgan fingerprint density at radius 1 is 1.55 bits per heavy atom. The summed E-state index contributed by atoms with van der Waals surface area (Å²) in [6, 6.07) is 0. The number of nitrogens with two attached hydrogens (primary N) is 1. The monoisotopic (exact) mass is 178 g/mol. The molecule has 0 aromatic rings. The van der Waals surface area contributed by atoms with Gasteiger partial charge in [-0.05, 0) is 18.8 Å². The Morgan fingerprint density at radius 3 is 2.82 bits per heavy atom. The van der Waals surface area contributed by atoms with E-state index in [0.29, 0.717) is 18.1 Å². The van der Waals surface area contributed by atoms with Crippen LogP contribution in [0.15, 0.2) is 0 Å². The van der Waals surface area contributed by atoms with Crippen molar-refractivity contribution in [3.05, 3.63) is 0 Å². The summed E-state index contributed by atoms with van der Waals surface area (Å²) in [7, 11) is -2.75. The van der Waals surface area contributed by atoms with Crippen molar-refractivity contribution >= 4 is 9.84 Å². The molecule has 0 radical (unpaired) electrons. The molecule has 0 aromatic carbocycles. The molecule has 0 spiro atoms. The predicted molar refractivity (Wildman–Crippen MR) is 43.6 cm³/mol. The molecule has 0 saturated carbocycles. The molecule has 1 heterocycles. The van der Waals surface area contributed by atoms with Crippen LogP contribution in [0.1, 0.15) is 12.8 Å². The molecule has 1 aliphatic heterocycles. The highest BCUT2D eigenvalue weighted by atomic mass is 32.2. The first-order chi connectivity index (χ1) is 5.14. The summed E-state index contributed by atoms with van der Waals surface area (Å²) in [5, 5.41) is 0. The highest BCUT2D eigenvalue weighted by molar-refractivity contribution is 7.91. The van der Waals surface area contributed by atoms with Gasteiger partial charge in [0.25, 0.3) is 0 Å². The van der Waals surface area contributed by atoms with Gasteiger partial charge in [0, 0.05) is 6.54 Å². The van der Waals surface area contributed by atoms with Gasteiger partial charge in [-0.1, -0.05) is 0 Å². The summed E-state index contributed by atoms with van der Waals surface area (Å²) in [6.07, 6.45) is 1.76. The third-order valence-electron chi connectivity index (χ3n) is 1.96. The van der Waals surface area contributed by atoms with E-state index in [-0.39, 0.29) is 5.92 Å². The Hall–Kier alpha value is -0.130. The SMILES string of the molecule is NNCC1CCCS(=O)(=O)C1. The molecule has 3 N–H and O–H groups in total. The maximum Gasteiger partial charge on any atom is 0.150 e. The van der Waals surface area contributed by atoms with Crippen LogP contribution in [0.3, 0.4) is 0 Å². The van der Waals surface area contributed by atoms with Crippen molar-refractivity contribution in [2.45, 2.75) is 12.8 Å². The quantitative estimate of drug-likeness (QED) is 0.432. The second kappa shape index (κ2) is 3.51. The van der Waals surface area contributed by atoms with Gasteiger partial charge >= 0.3 is 0 Å². The zero-order chi connectivity index (χ0) is 8.32. The van der Waals surface area contributed by atoms with Crippen LogP contribution in [0.2, 0.25) is 0 Å². The number of sulfone groups is 1. The van der Waals surface area contributed by atoms with Crippen LogP contribution in [0.4, 0.5) is 0 Å². The Balaban J connectivity index is 2.47. The highest BCUT2D eigenvalue weighted by Gasteiger charge is 2.23. The van der Waals surface area contributed by atoms with Crippen LogP contribution in [0.25, 0.3) is 0 Å². The lowest BCUT2D eigenvalue weighted by Gasteiger charge is -2.20. The second-order valence-electron chi connectivity index (χ2n) is 3.03. The summed E-state index contributed by atoms with van der Waals surface area (Å²) in [5.74, 6) is 5.98. The zero-order valence-corrected chi connectivity index (χ0v) is 7.23. The summed E-state index contributed by atoms with van der Waals surface area (Å²) < 4.78 is 22.1. The van der Waals surface area contributed by atoms with Crippen molar-refractivity contribution in [3.8, 4) is 0 Å². The van der Waals surface area contributed by atoms with Gasteiger partial charge in [-0.15, -0.1) is 0 Å². The molecular weight excluding hydrogens is 164 g/mol. The van der Waals surface area contributed by atoms with Crippen molar-refractivity contribution in [2.24, 2.45) is 11.8 Å². The number of hydrazine groups is 1. The fraction of sp³-hybridized carbons (Fsp3) is 1.00. The first-order valence-electron chi connectivity index (χ1n) is 3.78. The standard InChI is InChI=1S/C6H14N2O2S/c7-8-4-6-2-1-3-11(9,10)5-6/h6,8H,1-5,7H2. The summed E-state index contributed by atoms with van der Waals surface area (Å²) in [4.78, 5) is 0.